The van der Waals surface area contributed by atoms with E-state index >= 15 is 0 Å². The second-order valence-corrected chi connectivity index (χ2v) is 9.43. The zero-order valence-corrected chi connectivity index (χ0v) is 21.0. The molecule has 1 aromatic carbocycles. The Morgan fingerprint density at radius 2 is 1.82 bits per heavy atom. The quantitative estimate of drug-likeness (QED) is 0.322. The number of carbonyl (C=O) groups excluding carboxylic acids is 1. The number of halogens is 3. The van der Waals surface area contributed by atoms with E-state index in [0.29, 0.717) is 18.5 Å². The first kappa shape index (κ1) is 27.8. The van der Waals surface area contributed by atoms with Gasteiger partial charge in [0, 0.05) is 24.4 Å². The lowest BCUT2D eigenvalue weighted by Gasteiger charge is -2.34. The van der Waals surface area contributed by atoms with Crippen molar-refractivity contribution in [2.75, 3.05) is 18.5 Å². The number of nitrogens with zero attached hydrogens (tertiary/aromatic N) is 2. The zero-order chi connectivity index (χ0) is 28.1. The topological polar surface area (TPSA) is 134 Å². The van der Waals surface area contributed by atoms with Gasteiger partial charge in [-0.05, 0) is 54.9 Å². The summed E-state index contributed by atoms with van der Waals surface area (Å²) in [5.41, 5.74) is -0.635. The van der Waals surface area contributed by atoms with Crippen LogP contribution in [-0.2, 0) is 0 Å². The summed E-state index contributed by atoms with van der Waals surface area (Å²) >= 11 is 0. The minimum absolute atomic E-state index is 0.0737. The third kappa shape index (κ3) is 6.63. The van der Waals surface area contributed by atoms with E-state index in [-0.39, 0.29) is 42.5 Å². The molecular formula is C27H27F3N4O5. The molecule has 2 amide bonds. The number of hydrogen-bond acceptors (Lipinski definition) is 6. The number of amides is 2. The van der Waals surface area contributed by atoms with E-state index < -0.39 is 40.7 Å². The maximum atomic E-state index is 14.7. The molecule has 1 aliphatic rings. The smallest absolute Gasteiger partial charge is 0.404 e. The second-order valence-electron chi connectivity index (χ2n) is 9.43. The number of hydrogen-bond donors (Lipinski definition) is 4. The Bertz CT molecular complexity index is 1350. The molecule has 1 unspecified atom stereocenters. The number of carboxylic acid groups (broad SMARTS) is 1. The molecule has 39 heavy (non-hydrogen) atoms. The number of aliphatic hydroxyl groups excluding tert-OH is 1. The highest BCUT2D eigenvalue weighted by Crippen LogP contribution is 2.39. The van der Waals surface area contributed by atoms with Crippen molar-refractivity contribution in [2.45, 2.75) is 38.1 Å². The summed E-state index contributed by atoms with van der Waals surface area (Å²) in [6.45, 7) is 1.47. The van der Waals surface area contributed by atoms with Crippen molar-refractivity contribution in [3.8, 4) is 17.0 Å². The Labute approximate surface area is 222 Å². The number of ether oxygens (including phenoxy) is 1. The van der Waals surface area contributed by atoms with Gasteiger partial charge < -0.3 is 25.6 Å². The van der Waals surface area contributed by atoms with Crippen LogP contribution in [0.25, 0.3) is 11.3 Å². The zero-order valence-electron chi connectivity index (χ0n) is 21.0. The molecule has 3 aromatic rings. The van der Waals surface area contributed by atoms with Crippen LogP contribution in [0.5, 0.6) is 5.75 Å². The number of benzene rings is 1. The van der Waals surface area contributed by atoms with Crippen LogP contribution in [0.15, 0.2) is 42.7 Å². The van der Waals surface area contributed by atoms with Gasteiger partial charge in [0.2, 0.25) is 0 Å². The summed E-state index contributed by atoms with van der Waals surface area (Å²) < 4.78 is 49.1. The van der Waals surface area contributed by atoms with Crippen LogP contribution in [0.2, 0.25) is 0 Å². The molecule has 2 aromatic heterocycles. The van der Waals surface area contributed by atoms with Crippen LogP contribution < -0.4 is 15.4 Å². The normalized spacial score (nSPS) is 18.8. The summed E-state index contributed by atoms with van der Waals surface area (Å²) in [5.74, 6) is -4.14. The van der Waals surface area contributed by atoms with Gasteiger partial charge in [-0.2, -0.15) is 0 Å². The van der Waals surface area contributed by atoms with E-state index in [2.05, 4.69) is 20.6 Å². The highest BCUT2D eigenvalue weighted by molar-refractivity contribution is 6.03. The molecule has 1 aliphatic carbocycles. The molecule has 12 heteroatoms. The predicted octanol–water partition coefficient (Wildman–Crippen LogP) is 4.72. The molecular weight excluding hydrogens is 517 g/mol. The fourth-order valence-electron chi connectivity index (χ4n) is 4.97. The van der Waals surface area contributed by atoms with E-state index in [0.717, 1.165) is 36.2 Å². The number of pyridine rings is 2. The molecule has 206 valence electrons. The molecule has 4 N–H and O–H groups in total. The van der Waals surface area contributed by atoms with E-state index in [1.165, 1.54) is 6.20 Å². The van der Waals surface area contributed by atoms with Crippen molar-refractivity contribution in [3.63, 3.8) is 0 Å². The van der Waals surface area contributed by atoms with Crippen molar-refractivity contribution in [3.05, 3.63) is 71.4 Å². The van der Waals surface area contributed by atoms with Crippen molar-refractivity contribution < 1.29 is 37.7 Å². The van der Waals surface area contributed by atoms with Crippen molar-refractivity contribution in [1.82, 2.24) is 15.3 Å². The first-order valence-electron chi connectivity index (χ1n) is 12.3. The van der Waals surface area contributed by atoms with E-state index in [1.54, 1.807) is 12.3 Å². The molecule has 0 saturated heterocycles. The molecule has 1 fully saturated rings. The maximum Gasteiger partial charge on any atom is 0.404 e. The number of rotatable bonds is 8. The lowest BCUT2D eigenvalue weighted by Crippen LogP contribution is -2.39. The van der Waals surface area contributed by atoms with Crippen molar-refractivity contribution in [2.24, 2.45) is 5.92 Å². The van der Waals surface area contributed by atoms with Gasteiger partial charge in [0.1, 0.15) is 41.2 Å². The minimum atomic E-state index is -1.16. The number of anilines is 1. The number of aromatic nitrogens is 2. The molecule has 9 nitrogen and oxygen atoms in total. The number of carbonyl (C=O) groups is 2. The lowest BCUT2D eigenvalue weighted by atomic mass is 9.76. The molecule has 1 saturated carbocycles. The third-order valence-electron chi connectivity index (χ3n) is 6.50. The summed E-state index contributed by atoms with van der Waals surface area (Å²) in [4.78, 5) is 32.3. The van der Waals surface area contributed by atoms with E-state index in [4.69, 9.17) is 14.9 Å². The summed E-state index contributed by atoms with van der Waals surface area (Å²) in [5, 5.41) is 23.2. The van der Waals surface area contributed by atoms with Crippen LogP contribution >= 0.6 is 0 Å². The SMILES string of the molecule is C[C@@H]1CC(NC(=O)O)C[C@H](c2ccncc2NC(=O)c2ccc(F)c(-c3c(F)cc(OCCO)cc3F)n2)C1. The van der Waals surface area contributed by atoms with Gasteiger partial charge in [0.05, 0.1) is 24.1 Å². The molecule has 0 radical (unpaired) electrons. The third-order valence-corrected chi connectivity index (χ3v) is 6.50. The largest absolute Gasteiger partial charge is 0.491 e. The molecule has 0 spiro atoms. The molecule has 2 heterocycles. The van der Waals surface area contributed by atoms with Crippen molar-refractivity contribution in [1.29, 1.82) is 0 Å². The van der Waals surface area contributed by atoms with Gasteiger partial charge in [-0.3, -0.25) is 9.78 Å². The standard InChI is InChI=1S/C27H27F3N4O5/c1-14-8-15(10-16(9-14)32-27(37)38)18-4-5-31-13-23(18)34-26(36)22-3-2-19(28)25(33-22)24-20(29)11-17(12-21(24)30)39-7-6-35/h2-5,11-16,32,35H,6-10H2,1H3,(H,34,36)(H,37,38)/t14-,15+,16?/m0/s1. The summed E-state index contributed by atoms with van der Waals surface area (Å²) in [6, 6.07) is 5.14. The Morgan fingerprint density at radius 3 is 2.51 bits per heavy atom. The van der Waals surface area contributed by atoms with Gasteiger partial charge in [-0.1, -0.05) is 6.92 Å². The van der Waals surface area contributed by atoms with E-state index in [9.17, 15) is 22.8 Å². The fraction of sp³-hybridized carbons (Fsp3) is 0.333. The fourth-order valence-corrected chi connectivity index (χ4v) is 4.97. The monoisotopic (exact) mass is 544 g/mol. The lowest BCUT2D eigenvalue weighted by molar-refractivity contribution is 0.102. The van der Waals surface area contributed by atoms with Crippen LogP contribution in [0.1, 0.15) is 48.2 Å². The predicted molar refractivity (Wildman–Crippen MR) is 135 cm³/mol. The Hall–Kier alpha value is -4.19. The van der Waals surface area contributed by atoms with Crippen LogP contribution in [0.3, 0.4) is 0 Å². The maximum absolute atomic E-state index is 14.7. The molecule has 0 aliphatic heterocycles. The first-order valence-corrected chi connectivity index (χ1v) is 12.3. The number of nitrogens with one attached hydrogen (secondary N) is 2. The van der Waals surface area contributed by atoms with Crippen LogP contribution in [0, 0.1) is 23.4 Å². The van der Waals surface area contributed by atoms with E-state index in [1.807, 2.05) is 6.92 Å². The minimum Gasteiger partial charge on any atom is -0.491 e. The average Bonchev–Trinajstić information content (AvgIpc) is 2.87. The summed E-state index contributed by atoms with van der Waals surface area (Å²) in [6.07, 6.45) is 3.90. The van der Waals surface area contributed by atoms with Gasteiger partial charge in [0.25, 0.3) is 5.91 Å². The van der Waals surface area contributed by atoms with Gasteiger partial charge in [-0.25, -0.2) is 22.9 Å². The molecule has 3 atom stereocenters. The van der Waals surface area contributed by atoms with Crippen LogP contribution in [-0.4, -0.2) is 51.4 Å². The number of aliphatic hydroxyl groups is 1. The highest BCUT2D eigenvalue weighted by atomic mass is 19.1. The Balaban J connectivity index is 1.60. The molecule has 0 bridgehead atoms. The van der Waals surface area contributed by atoms with Gasteiger partial charge in [-0.15, -0.1) is 0 Å². The van der Waals surface area contributed by atoms with Gasteiger partial charge in [0.15, 0.2) is 0 Å². The van der Waals surface area contributed by atoms with Crippen LogP contribution in [0.4, 0.5) is 23.7 Å². The summed E-state index contributed by atoms with van der Waals surface area (Å²) in [7, 11) is 0. The Kier molecular flexibility index (Phi) is 8.65. The van der Waals surface area contributed by atoms with Gasteiger partial charge >= 0.3 is 6.09 Å². The Morgan fingerprint density at radius 1 is 1.08 bits per heavy atom. The average molecular weight is 545 g/mol. The highest BCUT2D eigenvalue weighted by Gasteiger charge is 2.30. The molecule has 4 rings (SSSR count). The first-order chi connectivity index (χ1) is 18.7. The second kappa shape index (κ2) is 12.1. The van der Waals surface area contributed by atoms with Crippen molar-refractivity contribution >= 4 is 17.7 Å².